The Bertz CT molecular complexity index is 615. The van der Waals surface area contributed by atoms with Gasteiger partial charge in [0, 0.05) is 7.05 Å². The van der Waals surface area contributed by atoms with Crippen LogP contribution in [0.5, 0.6) is 11.6 Å². The van der Waals surface area contributed by atoms with Crippen LogP contribution in [0.2, 0.25) is 0 Å². The van der Waals surface area contributed by atoms with Crippen molar-refractivity contribution in [3.05, 3.63) is 40.6 Å². The van der Waals surface area contributed by atoms with E-state index >= 15 is 0 Å². The van der Waals surface area contributed by atoms with E-state index in [1.165, 1.54) is 11.1 Å². The summed E-state index contributed by atoms with van der Waals surface area (Å²) in [6.07, 6.45) is 0. The summed E-state index contributed by atoms with van der Waals surface area (Å²) in [5.41, 5.74) is 4.06. The maximum absolute atomic E-state index is 9.43. The van der Waals surface area contributed by atoms with Gasteiger partial charge in [-0.05, 0) is 43.0 Å². The Morgan fingerprint density at radius 1 is 1.30 bits per heavy atom. The van der Waals surface area contributed by atoms with Crippen molar-refractivity contribution in [1.29, 1.82) is 0 Å². The minimum Gasteiger partial charge on any atom is -0.439 e. The zero-order valence-electron chi connectivity index (χ0n) is 12.8. The molecule has 0 bridgehead atoms. The van der Waals surface area contributed by atoms with Crippen molar-refractivity contribution in [1.82, 2.24) is 9.78 Å². The van der Waals surface area contributed by atoms with Crippen molar-refractivity contribution in [2.45, 2.75) is 40.2 Å². The lowest BCUT2D eigenvalue weighted by Crippen LogP contribution is -1.98. The second-order valence-electron chi connectivity index (χ2n) is 5.43. The van der Waals surface area contributed by atoms with Crippen LogP contribution in [0.1, 0.15) is 42.1 Å². The Morgan fingerprint density at radius 2 is 2.00 bits per heavy atom. The minimum absolute atomic E-state index is 0.0714. The van der Waals surface area contributed by atoms with Gasteiger partial charge in [0.1, 0.15) is 5.75 Å². The number of hydrogen-bond acceptors (Lipinski definition) is 3. The Labute approximate surface area is 120 Å². The molecule has 1 heterocycles. The summed E-state index contributed by atoms with van der Waals surface area (Å²) in [5.74, 6) is 1.86. The fraction of sp³-hybridized carbons (Fsp3) is 0.438. The first-order valence-corrected chi connectivity index (χ1v) is 6.85. The minimum atomic E-state index is -0.0714. The molecule has 20 heavy (non-hydrogen) atoms. The zero-order valence-corrected chi connectivity index (χ0v) is 12.8. The molecule has 0 saturated carbocycles. The van der Waals surface area contributed by atoms with Gasteiger partial charge in [-0.25, -0.2) is 4.68 Å². The highest BCUT2D eigenvalue weighted by molar-refractivity contribution is 5.40. The molecule has 0 atom stereocenters. The van der Waals surface area contributed by atoms with Crippen molar-refractivity contribution in [3.8, 4) is 11.6 Å². The molecular formula is C16H22N2O2. The number of benzene rings is 1. The summed E-state index contributed by atoms with van der Waals surface area (Å²) in [6, 6.07) is 6.09. The van der Waals surface area contributed by atoms with Crippen LogP contribution >= 0.6 is 0 Å². The molecule has 1 N–H and O–H groups in total. The fourth-order valence-corrected chi connectivity index (χ4v) is 2.46. The van der Waals surface area contributed by atoms with E-state index in [-0.39, 0.29) is 6.61 Å². The number of hydrogen-bond donors (Lipinski definition) is 1. The van der Waals surface area contributed by atoms with E-state index in [9.17, 15) is 5.11 Å². The summed E-state index contributed by atoms with van der Waals surface area (Å²) >= 11 is 0. The molecule has 0 aliphatic rings. The van der Waals surface area contributed by atoms with Gasteiger partial charge in [-0.15, -0.1) is 0 Å². The quantitative estimate of drug-likeness (QED) is 0.929. The molecule has 2 rings (SSSR count). The summed E-state index contributed by atoms with van der Waals surface area (Å²) in [7, 11) is 1.82. The third-order valence-corrected chi connectivity index (χ3v) is 3.52. The Hall–Kier alpha value is -1.81. The molecule has 108 valence electrons. The van der Waals surface area contributed by atoms with Crippen LogP contribution in [0.25, 0.3) is 0 Å². The number of aryl methyl sites for hydroxylation is 3. The van der Waals surface area contributed by atoms with E-state index < -0.39 is 0 Å². The number of aromatic nitrogens is 2. The lowest BCUT2D eigenvalue weighted by atomic mass is 9.98. The molecule has 1 aromatic carbocycles. The number of ether oxygens (including phenoxy) is 1. The summed E-state index contributed by atoms with van der Waals surface area (Å²) in [6.45, 7) is 8.24. The maximum Gasteiger partial charge on any atom is 0.223 e. The van der Waals surface area contributed by atoms with Gasteiger partial charge in [0.05, 0.1) is 17.9 Å². The molecule has 0 fully saturated rings. The van der Waals surface area contributed by atoms with E-state index in [0.717, 1.165) is 17.0 Å². The Balaban J connectivity index is 2.33. The summed E-state index contributed by atoms with van der Waals surface area (Å²) in [5, 5.41) is 13.7. The SMILES string of the molecule is Cc1cc(Oc2c(CO)c(C)nn2C)ccc1C(C)C. The van der Waals surface area contributed by atoms with Gasteiger partial charge in [0.2, 0.25) is 5.88 Å². The van der Waals surface area contributed by atoms with Crippen molar-refractivity contribution in [2.24, 2.45) is 7.05 Å². The second-order valence-corrected chi connectivity index (χ2v) is 5.43. The van der Waals surface area contributed by atoms with Crippen LogP contribution in [-0.4, -0.2) is 14.9 Å². The van der Waals surface area contributed by atoms with Gasteiger partial charge < -0.3 is 9.84 Å². The molecule has 0 radical (unpaired) electrons. The third kappa shape index (κ3) is 2.70. The number of nitrogens with zero attached hydrogens (tertiary/aromatic N) is 2. The normalized spacial score (nSPS) is 11.2. The lowest BCUT2D eigenvalue weighted by Gasteiger charge is -2.13. The Kier molecular flexibility index (Phi) is 4.14. The highest BCUT2D eigenvalue weighted by Gasteiger charge is 2.15. The van der Waals surface area contributed by atoms with Crippen molar-refractivity contribution >= 4 is 0 Å². The van der Waals surface area contributed by atoms with Crippen LogP contribution in [0, 0.1) is 13.8 Å². The molecule has 4 nitrogen and oxygen atoms in total. The highest BCUT2D eigenvalue weighted by Crippen LogP contribution is 2.30. The molecule has 1 aromatic heterocycles. The largest absolute Gasteiger partial charge is 0.439 e. The van der Waals surface area contributed by atoms with E-state index in [1.807, 2.05) is 26.1 Å². The predicted molar refractivity (Wildman–Crippen MR) is 79.2 cm³/mol. The number of rotatable bonds is 4. The molecule has 0 aliphatic heterocycles. The van der Waals surface area contributed by atoms with Gasteiger partial charge in [0.25, 0.3) is 0 Å². The first-order valence-electron chi connectivity index (χ1n) is 6.85. The van der Waals surface area contributed by atoms with Crippen LogP contribution in [0.4, 0.5) is 0 Å². The average Bonchev–Trinajstić information content (AvgIpc) is 2.63. The highest BCUT2D eigenvalue weighted by atomic mass is 16.5. The number of aliphatic hydroxyl groups is 1. The molecular weight excluding hydrogens is 252 g/mol. The van der Waals surface area contributed by atoms with E-state index in [0.29, 0.717) is 11.8 Å². The van der Waals surface area contributed by atoms with E-state index in [2.05, 4.69) is 31.9 Å². The van der Waals surface area contributed by atoms with Gasteiger partial charge >= 0.3 is 0 Å². The maximum atomic E-state index is 9.43. The van der Waals surface area contributed by atoms with Gasteiger partial charge in [-0.3, -0.25) is 0 Å². The van der Waals surface area contributed by atoms with Crippen LogP contribution in [0.15, 0.2) is 18.2 Å². The number of aliphatic hydroxyl groups excluding tert-OH is 1. The lowest BCUT2D eigenvalue weighted by molar-refractivity contribution is 0.274. The fourth-order valence-electron chi connectivity index (χ4n) is 2.46. The molecule has 0 aliphatic carbocycles. The van der Waals surface area contributed by atoms with Gasteiger partial charge in [-0.2, -0.15) is 5.10 Å². The zero-order chi connectivity index (χ0) is 14.9. The van der Waals surface area contributed by atoms with Crippen LogP contribution < -0.4 is 4.74 Å². The third-order valence-electron chi connectivity index (χ3n) is 3.52. The van der Waals surface area contributed by atoms with Crippen LogP contribution in [0.3, 0.4) is 0 Å². The van der Waals surface area contributed by atoms with Gasteiger partial charge in [-0.1, -0.05) is 19.9 Å². The molecule has 2 aromatic rings. The van der Waals surface area contributed by atoms with Gasteiger partial charge in [0.15, 0.2) is 0 Å². The van der Waals surface area contributed by atoms with Crippen molar-refractivity contribution in [2.75, 3.05) is 0 Å². The monoisotopic (exact) mass is 274 g/mol. The molecule has 0 unspecified atom stereocenters. The van der Waals surface area contributed by atoms with Crippen molar-refractivity contribution < 1.29 is 9.84 Å². The first kappa shape index (κ1) is 14.6. The Morgan fingerprint density at radius 3 is 2.55 bits per heavy atom. The second kappa shape index (κ2) is 5.67. The summed E-state index contributed by atoms with van der Waals surface area (Å²) in [4.78, 5) is 0. The summed E-state index contributed by atoms with van der Waals surface area (Å²) < 4.78 is 7.57. The molecule has 4 heteroatoms. The van der Waals surface area contributed by atoms with E-state index in [1.54, 1.807) is 4.68 Å². The smallest absolute Gasteiger partial charge is 0.223 e. The average molecular weight is 274 g/mol. The molecule has 0 saturated heterocycles. The topological polar surface area (TPSA) is 47.3 Å². The molecule has 0 spiro atoms. The standard InChI is InChI=1S/C16H22N2O2/c1-10(2)14-7-6-13(8-11(14)3)20-16-15(9-19)12(4)17-18(16)5/h6-8,10,19H,9H2,1-5H3. The first-order chi connectivity index (χ1) is 9.43. The predicted octanol–water partition coefficient (Wildman–Crippen LogP) is 3.44. The van der Waals surface area contributed by atoms with E-state index in [4.69, 9.17) is 4.74 Å². The van der Waals surface area contributed by atoms with Crippen molar-refractivity contribution in [3.63, 3.8) is 0 Å². The molecule has 0 amide bonds. The van der Waals surface area contributed by atoms with Crippen LogP contribution in [-0.2, 0) is 13.7 Å².